The number of rotatable bonds is 0. The van der Waals surface area contributed by atoms with Crippen LogP contribution >= 0.6 is 0 Å². The monoisotopic (exact) mass is 158 g/mol. The van der Waals surface area contributed by atoms with E-state index in [2.05, 4.69) is 0 Å². The van der Waals surface area contributed by atoms with Crippen LogP contribution in [0.15, 0.2) is 0 Å². The van der Waals surface area contributed by atoms with Gasteiger partial charge in [-0.1, -0.05) is 0 Å². The van der Waals surface area contributed by atoms with Crippen LogP contribution in [0.25, 0.3) is 0 Å². The van der Waals surface area contributed by atoms with Crippen LogP contribution in [-0.4, -0.2) is 84.6 Å². The zero-order chi connectivity index (χ0) is 3.58. The molecule has 0 N–H and O–H groups in total. The summed E-state index contributed by atoms with van der Waals surface area (Å²) in [5, 5.41) is 0. The third kappa shape index (κ3) is 35.5. The van der Waals surface area contributed by atoms with Gasteiger partial charge in [0.15, 0.2) is 0 Å². The summed E-state index contributed by atoms with van der Waals surface area (Å²) < 4.78 is 8.52. The third-order valence-corrected chi connectivity index (χ3v) is 0. The number of hydrogen-bond donors (Lipinski definition) is 0. The van der Waals surface area contributed by atoms with E-state index < -0.39 is 9.17 Å². The van der Waals surface area contributed by atoms with Gasteiger partial charge < -0.3 is 14.1 Å². The van der Waals surface area contributed by atoms with Crippen molar-refractivity contribution >= 4 is 84.6 Å². The molecular formula is H2Ca2O3Si. The van der Waals surface area contributed by atoms with Gasteiger partial charge in [0.1, 0.15) is 0 Å². The average molecular weight is 158 g/mol. The van der Waals surface area contributed by atoms with Gasteiger partial charge in [-0.3, -0.25) is 0 Å². The van der Waals surface area contributed by atoms with Crippen LogP contribution in [-0.2, 0) is 4.46 Å². The zero-order valence-corrected chi connectivity index (χ0v) is 5.64. The molecular weight excluding hydrogens is 156 g/mol. The second-order valence-electron chi connectivity index (χ2n) is 0.250. The van der Waals surface area contributed by atoms with Crippen LogP contribution in [0.4, 0.5) is 0 Å². The van der Waals surface area contributed by atoms with Crippen molar-refractivity contribution in [3.63, 3.8) is 0 Å². The Hall–Kier alpha value is 2.14. The van der Waals surface area contributed by atoms with Crippen LogP contribution in [0.1, 0.15) is 0 Å². The van der Waals surface area contributed by atoms with Crippen LogP contribution < -0.4 is 9.59 Å². The molecule has 0 aliphatic rings. The Morgan fingerprint density at radius 2 is 1.33 bits per heavy atom. The molecule has 0 aliphatic heterocycles. The first kappa shape index (κ1) is 15.7. The summed E-state index contributed by atoms with van der Waals surface area (Å²) in [6.45, 7) is 0. The van der Waals surface area contributed by atoms with E-state index in [1.165, 1.54) is 0 Å². The van der Waals surface area contributed by atoms with Gasteiger partial charge in [0.2, 0.25) is 0 Å². The molecule has 0 spiro atoms. The van der Waals surface area contributed by atoms with Gasteiger partial charge in [0.25, 0.3) is 0 Å². The summed E-state index contributed by atoms with van der Waals surface area (Å²) >= 11 is 0. The average Bonchev–Trinajstić information content (AvgIpc) is 0.811. The van der Waals surface area contributed by atoms with E-state index in [0.29, 0.717) is 0 Å². The molecule has 6 heteroatoms. The predicted molar refractivity (Wildman–Crippen MR) is 20.7 cm³/mol. The molecule has 28 valence electrons. The van der Waals surface area contributed by atoms with Gasteiger partial charge in [-0.15, -0.1) is 0 Å². The van der Waals surface area contributed by atoms with Gasteiger partial charge >= 0.3 is 75.5 Å². The van der Waals surface area contributed by atoms with Crippen molar-refractivity contribution in [1.29, 1.82) is 0 Å². The van der Waals surface area contributed by atoms with E-state index >= 15 is 0 Å². The van der Waals surface area contributed by atoms with Gasteiger partial charge in [0, 0.05) is 9.17 Å². The zero-order valence-electron chi connectivity index (χ0n) is 2.43. The molecule has 0 saturated heterocycles. The molecule has 6 heavy (non-hydrogen) atoms. The Balaban J connectivity index is -0.0000000450. The molecule has 0 amide bonds. The summed E-state index contributed by atoms with van der Waals surface area (Å²) in [7, 11) is -3.63. The molecule has 0 unspecified atom stereocenters. The maximum absolute atomic E-state index is 8.52. The van der Waals surface area contributed by atoms with Crippen molar-refractivity contribution in [2.45, 2.75) is 0 Å². The van der Waals surface area contributed by atoms with Crippen molar-refractivity contribution < 1.29 is 14.1 Å². The van der Waals surface area contributed by atoms with E-state index in [0.717, 1.165) is 0 Å². The number of hydrogen-bond acceptors (Lipinski definition) is 3. The van der Waals surface area contributed by atoms with Gasteiger partial charge in [-0.05, 0) is 0 Å². The van der Waals surface area contributed by atoms with Crippen molar-refractivity contribution in [3.05, 3.63) is 0 Å². The minimum absolute atomic E-state index is 0. The molecule has 3 nitrogen and oxygen atoms in total. The molecule has 0 atom stereocenters. The van der Waals surface area contributed by atoms with E-state index in [1.54, 1.807) is 0 Å². The second-order valence-corrected chi connectivity index (χ2v) is 0.750. The Labute approximate surface area is 96.6 Å². The van der Waals surface area contributed by atoms with Crippen molar-refractivity contribution in [2.24, 2.45) is 0 Å². The second kappa shape index (κ2) is 10.2. The topological polar surface area (TPSA) is 63.2 Å². The summed E-state index contributed by atoms with van der Waals surface area (Å²) in [6.07, 6.45) is 0. The molecule has 0 rings (SSSR count). The Morgan fingerprint density at radius 3 is 1.33 bits per heavy atom. The van der Waals surface area contributed by atoms with Crippen molar-refractivity contribution in [3.8, 4) is 0 Å². The van der Waals surface area contributed by atoms with E-state index in [9.17, 15) is 0 Å². The van der Waals surface area contributed by atoms with E-state index in [4.69, 9.17) is 14.1 Å². The fourth-order valence-corrected chi connectivity index (χ4v) is 0. The Bertz CT molecular complexity index is 31.8. The van der Waals surface area contributed by atoms with Crippen LogP contribution in [0, 0.1) is 0 Å². The summed E-state index contributed by atoms with van der Waals surface area (Å²) in [4.78, 5) is 17.0. The third-order valence-electron chi connectivity index (χ3n) is 0. The molecule has 0 saturated carbocycles. The molecule has 0 fully saturated rings. The molecule has 0 aromatic rings. The summed E-state index contributed by atoms with van der Waals surface area (Å²) in [6, 6.07) is 0. The Morgan fingerprint density at radius 1 is 1.33 bits per heavy atom. The quantitative estimate of drug-likeness (QED) is 0.336. The standard InChI is InChI=1S/2Ca.O3Si.2H/c;;1-4(2)3;;/q;+2;-2;;. The van der Waals surface area contributed by atoms with Gasteiger partial charge in [-0.2, -0.15) is 0 Å². The van der Waals surface area contributed by atoms with Gasteiger partial charge in [0.05, 0.1) is 0 Å². The van der Waals surface area contributed by atoms with Crippen LogP contribution in [0.3, 0.4) is 0 Å². The predicted octanol–water partition coefficient (Wildman–Crippen LogP) is -4.17. The van der Waals surface area contributed by atoms with Crippen molar-refractivity contribution in [2.75, 3.05) is 0 Å². The first-order chi connectivity index (χ1) is 1.73. The van der Waals surface area contributed by atoms with E-state index in [1.807, 2.05) is 0 Å². The van der Waals surface area contributed by atoms with Crippen molar-refractivity contribution in [1.82, 2.24) is 0 Å². The fraction of sp³-hybridized carbons (Fsp3) is 0. The summed E-state index contributed by atoms with van der Waals surface area (Å²) in [5.41, 5.74) is 0. The molecule has 0 heterocycles. The summed E-state index contributed by atoms with van der Waals surface area (Å²) in [5.74, 6) is 0. The molecule has 0 aromatic carbocycles. The first-order valence-corrected chi connectivity index (χ1v) is 1.84. The SMILES string of the molecule is O=[Si]([O-])[O-].[Ca+2].[CaH2]. The molecule has 0 aromatic heterocycles. The first-order valence-electron chi connectivity index (χ1n) is 0.612. The maximum atomic E-state index is 8.52. The molecule has 0 radical (unpaired) electrons. The fourth-order valence-electron chi connectivity index (χ4n) is 0. The molecule has 0 aliphatic carbocycles. The van der Waals surface area contributed by atoms with Crippen LogP contribution in [0.2, 0.25) is 0 Å². The van der Waals surface area contributed by atoms with E-state index in [-0.39, 0.29) is 75.5 Å². The normalized spacial score (nSPS) is 4.00. The van der Waals surface area contributed by atoms with Crippen LogP contribution in [0.5, 0.6) is 0 Å². The molecule has 0 bridgehead atoms. The Kier molecular flexibility index (Phi) is 26.7. The minimum atomic E-state index is -3.63. The van der Waals surface area contributed by atoms with Gasteiger partial charge in [-0.25, -0.2) is 0 Å².